The molecule has 4 heteroatoms. The molecule has 0 aromatic carbocycles. The van der Waals surface area contributed by atoms with E-state index in [0.717, 1.165) is 0 Å². The first-order valence-corrected chi connectivity index (χ1v) is 2.93. The lowest BCUT2D eigenvalue weighted by atomic mass is 10.1. The highest BCUT2D eigenvalue weighted by Crippen LogP contribution is 2.20. The zero-order chi connectivity index (χ0) is 7.33. The van der Waals surface area contributed by atoms with Gasteiger partial charge in [0.1, 0.15) is 0 Å². The van der Waals surface area contributed by atoms with Gasteiger partial charge in [0.25, 0.3) is 0 Å². The molecule has 52 valence electrons. The molecule has 0 aliphatic heterocycles. The molecule has 0 aromatic rings. The summed E-state index contributed by atoms with van der Waals surface area (Å²) < 4.78 is 0. The molecular formula is C5H10N2O2. The van der Waals surface area contributed by atoms with Gasteiger partial charge in [0.15, 0.2) is 0 Å². The van der Waals surface area contributed by atoms with Crippen LogP contribution in [0.1, 0.15) is 26.7 Å². The quantitative estimate of drug-likeness (QED) is 0.546. The van der Waals surface area contributed by atoms with Gasteiger partial charge in [-0.1, -0.05) is 13.8 Å². The van der Waals surface area contributed by atoms with Crippen LogP contribution in [0.5, 0.6) is 0 Å². The number of hydrogen-bond donors (Lipinski definition) is 0. The molecule has 0 saturated heterocycles. The van der Waals surface area contributed by atoms with Gasteiger partial charge in [-0.15, -0.1) is 9.81 Å². The van der Waals surface area contributed by atoms with Crippen molar-refractivity contribution in [1.29, 1.82) is 0 Å². The molecule has 0 bridgehead atoms. The van der Waals surface area contributed by atoms with E-state index in [1.807, 2.05) is 0 Å². The molecule has 0 heterocycles. The van der Waals surface area contributed by atoms with E-state index in [0.29, 0.717) is 12.8 Å². The Labute approximate surface area is 53.6 Å². The minimum absolute atomic E-state index is 0.385. The van der Waals surface area contributed by atoms with Gasteiger partial charge >= 0.3 is 0 Å². The van der Waals surface area contributed by atoms with E-state index in [1.54, 1.807) is 13.8 Å². The van der Waals surface area contributed by atoms with E-state index in [9.17, 15) is 9.81 Å². The fourth-order valence-electron chi connectivity index (χ4n) is 0.525. The first kappa shape index (κ1) is 8.20. The molecule has 0 unspecified atom stereocenters. The molecule has 4 nitrogen and oxygen atoms in total. The van der Waals surface area contributed by atoms with Gasteiger partial charge in [-0.3, -0.25) is 0 Å². The molecule has 0 aliphatic carbocycles. The lowest BCUT2D eigenvalue weighted by Gasteiger charge is -2.11. The predicted octanol–water partition coefficient (Wildman–Crippen LogP) is 2.04. The van der Waals surface area contributed by atoms with Crippen molar-refractivity contribution in [2.45, 2.75) is 32.4 Å². The molecule has 0 amide bonds. The van der Waals surface area contributed by atoms with Crippen molar-refractivity contribution in [1.82, 2.24) is 0 Å². The lowest BCUT2D eigenvalue weighted by molar-refractivity contribution is 0.412. The summed E-state index contributed by atoms with van der Waals surface area (Å²) >= 11 is 0. The zero-order valence-electron chi connectivity index (χ0n) is 5.63. The topological polar surface area (TPSA) is 58.9 Å². The molecule has 0 N–H and O–H groups in total. The van der Waals surface area contributed by atoms with Crippen LogP contribution in [0.2, 0.25) is 0 Å². The average Bonchev–Trinajstić information content (AvgIpc) is 1.95. The maximum atomic E-state index is 9.98. The maximum Gasteiger partial charge on any atom is 0.231 e. The van der Waals surface area contributed by atoms with Crippen molar-refractivity contribution < 1.29 is 0 Å². The molecule has 0 aromatic heterocycles. The second kappa shape index (κ2) is 3.27. The predicted molar refractivity (Wildman–Crippen MR) is 34.9 cm³/mol. The summed E-state index contributed by atoms with van der Waals surface area (Å²) in [5.41, 5.74) is -1.19. The molecule has 0 spiro atoms. The second-order valence-corrected chi connectivity index (χ2v) is 1.87. The summed E-state index contributed by atoms with van der Waals surface area (Å²) in [4.78, 5) is 20.0. The van der Waals surface area contributed by atoms with Crippen LogP contribution in [0, 0.1) is 9.81 Å². The Bertz CT molecular complexity index is 99.5. The van der Waals surface area contributed by atoms with Crippen LogP contribution in [-0.2, 0) is 0 Å². The average molecular weight is 130 g/mol. The summed E-state index contributed by atoms with van der Waals surface area (Å²) in [7, 11) is 0. The summed E-state index contributed by atoms with van der Waals surface area (Å²) in [5, 5.41) is 5.29. The van der Waals surface area contributed by atoms with Crippen molar-refractivity contribution in [3.8, 4) is 0 Å². The van der Waals surface area contributed by atoms with Crippen molar-refractivity contribution in [2.75, 3.05) is 0 Å². The summed E-state index contributed by atoms with van der Waals surface area (Å²) in [5.74, 6) is 0. The Hall–Kier alpha value is -0.800. The van der Waals surface area contributed by atoms with Crippen LogP contribution in [0.25, 0.3) is 0 Å². The van der Waals surface area contributed by atoms with Gasteiger partial charge in [-0.25, -0.2) is 0 Å². The zero-order valence-corrected chi connectivity index (χ0v) is 5.63. The van der Waals surface area contributed by atoms with E-state index >= 15 is 0 Å². The van der Waals surface area contributed by atoms with Gasteiger partial charge < -0.3 is 0 Å². The summed E-state index contributed by atoms with van der Waals surface area (Å²) in [6, 6.07) is 0. The van der Waals surface area contributed by atoms with E-state index in [4.69, 9.17) is 0 Å². The van der Waals surface area contributed by atoms with Gasteiger partial charge in [0.2, 0.25) is 5.66 Å². The highest BCUT2D eigenvalue weighted by atomic mass is 16.3. The fraction of sp³-hybridized carbons (Fsp3) is 1.00. The minimum atomic E-state index is -1.19. The number of nitroso groups, excluding NO2 is 2. The van der Waals surface area contributed by atoms with E-state index < -0.39 is 5.66 Å². The van der Waals surface area contributed by atoms with Gasteiger partial charge in [-0.05, 0) is 23.2 Å². The fourth-order valence-corrected chi connectivity index (χ4v) is 0.525. The van der Waals surface area contributed by atoms with E-state index in [1.165, 1.54) is 0 Å². The van der Waals surface area contributed by atoms with Crippen molar-refractivity contribution in [3.63, 3.8) is 0 Å². The van der Waals surface area contributed by atoms with Crippen LogP contribution < -0.4 is 0 Å². The third-order valence-corrected chi connectivity index (χ3v) is 1.47. The van der Waals surface area contributed by atoms with Gasteiger partial charge in [0, 0.05) is 0 Å². The maximum absolute atomic E-state index is 9.98. The van der Waals surface area contributed by atoms with E-state index in [2.05, 4.69) is 10.4 Å². The molecular weight excluding hydrogens is 120 g/mol. The smallest absolute Gasteiger partial charge is 0.148 e. The molecule has 0 saturated carbocycles. The molecule has 0 atom stereocenters. The molecule has 0 radical (unpaired) electrons. The number of hydrogen-bond acceptors (Lipinski definition) is 4. The normalized spacial score (nSPS) is 10.9. The van der Waals surface area contributed by atoms with Crippen LogP contribution in [-0.4, -0.2) is 5.66 Å². The van der Waals surface area contributed by atoms with Gasteiger partial charge in [0.05, 0.1) is 0 Å². The third kappa shape index (κ3) is 1.55. The summed E-state index contributed by atoms with van der Waals surface area (Å²) in [6.45, 7) is 3.43. The van der Waals surface area contributed by atoms with E-state index in [-0.39, 0.29) is 0 Å². The Morgan fingerprint density at radius 3 is 1.44 bits per heavy atom. The second-order valence-electron chi connectivity index (χ2n) is 1.87. The standard InChI is InChI=1S/C5H10N2O2/c1-3-5(4-2,6-8)7-9/h3-4H2,1-2H3. The van der Waals surface area contributed by atoms with Crippen LogP contribution in [0.4, 0.5) is 0 Å². The Morgan fingerprint density at radius 2 is 1.44 bits per heavy atom. The van der Waals surface area contributed by atoms with Crippen molar-refractivity contribution >= 4 is 0 Å². The Morgan fingerprint density at radius 1 is 1.11 bits per heavy atom. The largest absolute Gasteiger partial charge is 0.231 e. The lowest BCUT2D eigenvalue weighted by Crippen LogP contribution is -2.19. The van der Waals surface area contributed by atoms with Crippen molar-refractivity contribution in [2.24, 2.45) is 10.4 Å². The molecule has 0 rings (SSSR count). The van der Waals surface area contributed by atoms with Crippen LogP contribution in [0.15, 0.2) is 10.4 Å². The minimum Gasteiger partial charge on any atom is -0.148 e. The molecule has 0 fully saturated rings. The first-order chi connectivity index (χ1) is 4.24. The highest BCUT2D eigenvalue weighted by Gasteiger charge is 2.27. The third-order valence-electron chi connectivity index (χ3n) is 1.47. The molecule has 0 aliphatic rings. The summed E-state index contributed by atoms with van der Waals surface area (Å²) in [6.07, 6.45) is 0.771. The Balaban J connectivity index is 4.15. The van der Waals surface area contributed by atoms with Crippen molar-refractivity contribution in [3.05, 3.63) is 9.81 Å². The number of rotatable bonds is 4. The number of nitrogens with zero attached hydrogens (tertiary/aromatic N) is 2. The first-order valence-electron chi connectivity index (χ1n) is 2.93. The van der Waals surface area contributed by atoms with Gasteiger partial charge in [-0.2, -0.15) is 0 Å². The monoisotopic (exact) mass is 130 g/mol. The Kier molecular flexibility index (Phi) is 2.98. The SMILES string of the molecule is CCC(CC)(N=O)N=O. The highest BCUT2D eigenvalue weighted by molar-refractivity contribution is 4.80. The van der Waals surface area contributed by atoms with Crippen LogP contribution in [0.3, 0.4) is 0 Å². The molecule has 9 heavy (non-hydrogen) atoms. The van der Waals surface area contributed by atoms with Crippen LogP contribution >= 0.6 is 0 Å².